The molecular formula is C13H13Cl2F3N2. The number of hydrogen-bond donors (Lipinski definition) is 1. The minimum atomic E-state index is -4.28. The number of nitrogens with one attached hydrogen (secondary N) is 1. The second-order valence-corrected chi connectivity index (χ2v) is 3.76. The van der Waals surface area contributed by atoms with Crippen LogP contribution in [-0.4, -0.2) is 4.98 Å². The van der Waals surface area contributed by atoms with Crippen LogP contribution in [0.4, 0.5) is 19.0 Å². The normalized spacial score (nSPS) is 10.2. The van der Waals surface area contributed by atoms with Crippen molar-refractivity contribution in [3.8, 4) is 0 Å². The second kappa shape index (κ2) is 7.97. The summed E-state index contributed by atoms with van der Waals surface area (Å²) in [6.07, 6.45) is -2.64. The largest absolute Gasteiger partial charge is 0.416 e. The van der Waals surface area contributed by atoms with Crippen molar-refractivity contribution in [1.82, 2.24) is 4.98 Å². The molecule has 0 aliphatic carbocycles. The number of hydrogen-bond acceptors (Lipinski definition) is 2. The molecule has 110 valence electrons. The summed E-state index contributed by atoms with van der Waals surface area (Å²) in [6.45, 7) is 0.440. The van der Waals surface area contributed by atoms with Crippen LogP contribution in [0.1, 0.15) is 11.1 Å². The van der Waals surface area contributed by atoms with Crippen molar-refractivity contribution < 1.29 is 13.2 Å². The molecule has 1 N–H and O–H groups in total. The summed E-state index contributed by atoms with van der Waals surface area (Å²) in [5, 5.41) is 3.03. The third-order valence-corrected chi connectivity index (χ3v) is 2.42. The Bertz CT molecular complexity index is 501. The van der Waals surface area contributed by atoms with Gasteiger partial charge in [0.15, 0.2) is 0 Å². The molecule has 0 atom stereocenters. The van der Waals surface area contributed by atoms with E-state index in [2.05, 4.69) is 10.3 Å². The molecule has 1 aromatic heterocycles. The Morgan fingerprint density at radius 1 is 0.950 bits per heavy atom. The number of benzene rings is 1. The Hall–Kier alpha value is -1.46. The van der Waals surface area contributed by atoms with Gasteiger partial charge in [0, 0.05) is 12.7 Å². The van der Waals surface area contributed by atoms with E-state index in [-0.39, 0.29) is 24.8 Å². The van der Waals surface area contributed by atoms with Crippen LogP contribution in [0.25, 0.3) is 0 Å². The lowest BCUT2D eigenvalue weighted by Crippen LogP contribution is -2.05. The first-order valence-electron chi connectivity index (χ1n) is 5.37. The molecule has 0 saturated carbocycles. The summed E-state index contributed by atoms with van der Waals surface area (Å²) in [6, 6.07) is 10.5. The number of halogens is 5. The van der Waals surface area contributed by atoms with Gasteiger partial charge in [-0.3, -0.25) is 0 Å². The third kappa shape index (κ3) is 5.27. The molecule has 0 unspecified atom stereocenters. The quantitative estimate of drug-likeness (QED) is 0.895. The van der Waals surface area contributed by atoms with E-state index in [0.29, 0.717) is 12.4 Å². The van der Waals surface area contributed by atoms with Crippen LogP contribution in [-0.2, 0) is 12.7 Å². The van der Waals surface area contributed by atoms with E-state index in [1.807, 2.05) is 6.07 Å². The number of rotatable bonds is 3. The van der Waals surface area contributed by atoms with Gasteiger partial charge in [-0.15, -0.1) is 24.8 Å². The zero-order chi connectivity index (χ0) is 13.0. The first-order chi connectivity index (χ1) is 8.55. The number of nitrogens with zero attached hydrogens (tertiary/aromatic N) is 1. The third-order valence-electron chi connectivity index (χ3n) is 2.42. The van der Waals surface area contributed by atoms with Crippen molar-refractivity contribution in [3.63, 3.8) is 0 Å². The predicted molar refractivity (Wildman–Crippen MR) is 77.5 cm³/mol. The highest BCUT2D eigenvalue weighted by Gasteiger charge is 2.29. The monoisotopic (exact) mass is 324 g/mol. The van der Waals surface area contributed by atoms with E-state index in [0.717, 1.165) is 17.7 Å². The minimum absolute atomic E-state index is 0. The Kier molecular flexibility index (Phi) is 7.39. The molecule has 1 heterocycles. The topological polar surface area (TPSA) is 24.9 Å². The zero-order valence-corrected chi connectivity index (χ0v) is 11.9. The van der Waals surface area contributed by atoms with Crippen LogP contribution in [0.15, 0.2) is 48.7 Å². The zero-order valence-electron chi connectivity index (χ0n) is 10.2. The van der Waals surface area contributed by atoms with E-state index in [1.54, 1.807) is 18.3 Å². The van der Waals surface area contributed by atoms with E-state index in [9.17, 15) is 13.2 Å². The summed E-state index contributed by atoms with van der Waals surface area (Å²) in [7, 11) is 0. The molecule has 0 spiro atoms. The van der Waals surface area contributed by atoms with Gasteiger partial charge in [-0.25, -0.2) is 4.98 Å². The molecule has 0 saturated heterocycles. The molecule has 2 nitrogen and oxygen atoms in total. The van der Waals surface area contributed by atoms with Crippen LogP contribution < -0.4 is 5.32 Å². The SMILES string of the molecule is Cl.Cl.FC(F)(F)c1ccc(CNc2ccccn2)cc1. The second-order valence-electron chi connectivity index (χ2n) is 3.76. The fourth-order valence-electron chi connectivity index (χ4n) is 1.47. The molecular weight excluding hydrogens is 312 g/mol. The average Bonchev–Trinajstić information content (AvgIpc) is 2.37. The molecule has 2 aromatic rings. The van der Waals surface area contributed by atoms with Crippen molar-refractivity contribution in [2.24, 2.45) is 0 Å². The van der Waals surface area contributed by atoms with E-state index < -0.39 is 11.7 Å². The van der Waals surface area contributed by atoms with Gasteiger partial charge in [0.2, 0.25) is 0 Å². The summed E-state index contributed by atoms with van der Waals surface area (Å²) in [4.78, 5) is 4.06. The number of anilines is 1. The maximum atomic E-state index is 12.3. The van der Waals surface area contributed by atoms with Crippen molar-refractivity contribution in [2.45, 2.75) is 12.7 Å². The lowest BCUT2D eigenvalue weighted by atomic mass is 10.1. The van der Waals surface area contributed by atoms with Crippen LogP contribution in [0.2, 0.25) is 0 Å². The van der Waals surface area contributed by atoms with E-state index in [4.69, 9.17) is 0 Å². The highest BCUT2D eigenvalue weighted by Crippen LogP contribution is 2.29. The molecule has 2 rings (SSSR count). The number of pyridine rings is 1. The van der Waals surface area contributed by atoms with Gasteiger partial charge >= 0.3 is 6.18 Å². The van der Waals surface area contributed by atoms with Crippen LogP contribution in [0.5, 0.6) is 0 Å². The minimum Gasteiger partial charge on any atom is -0.366 e. The summed E-state index contributed by atoms with van der Waals surface area (Å²) >= 11 is 0. The molecule has 0 aliphatic heterocycles. The van der Waals surface area contributed by atoms with Gasteiger partial charge in [0.05, 0.1) is 5.56 Å². The molecule has 1 aromatic carbocycles. The lowest BCUT2D eigenvalue weighted by molar-refractivity contribution is -0.137. The summed E-state index contributed by atoms with van der Waals surface area (Å²) in [5.74, 6) is 0.692. The molecule has 0 fully saturated rings. The van der Waals surface area contributed by atoms with Gasteiger partial charge < -0.3 is 5.32 Å². The van der Waals surface area contributed by atoms with E-state index >= 15 is 0 Å². The predicted octanol–water partition coefficient (Wildman–Crippen LogP) is 4.56. The fourth-order valence-corrected chi connectivity index (χ4v) is 1.47. The number of aromatic nitrogens is 1. The van der Waals surface area contributed by atoms with Gasteiger partial charge in [-0.1, -0.05) is 18.2 Å². The highest BCUT2D eigenvalue weighted by molar-refractivity contribution is 5.85. The maximum Gasteiger partial charge on any atom is 0.416 e. The van der Waals surface area contributed by atoms with Gasteiger partial charge in [0.25, 0.3) is 0 Å². The first kappa shape index (κ1) is 18.5. The standard InChI is InChI=1S/C13H11F3N2.2ClH/c14-13(15,16)11-6-4-10(5-7-11)9-18-12-3-1-2-8-17-12;;/h1-8H,9H2,(H,17,18);2*1H. The molecule has 0 radical (unpaired) electrons. The summed E-state index contributed by atoms with van der Waals surface area (Å²) in [5.41, 5.74) is 0.137. The Labute approximate surface area is 127 Å². The Morgan fingerprint density at radius 2 is 1.60 bits per heavy atom. The Morgan fingerprint density at radius 3 is 2.10 bits per heavy atom. The molecule has 0 amide bonds. The van der Waals surface area contributed by atoms with Crippen molar-refractivity contribution >= 4 is 30.6 Å². The van der Waals surface area contributed by atoms with Gasteiger partial charge in [-0.05, 0) is 29.8 Å². The smallest absolute Gasteiger partial charge is 0.366 e. The van der Waals surface area contributed by atoms with Gasteiger partial charge in [0.1, 0.15) is 5.82 Å². The van der Waals surface area contributed by atoms with Crippen LogP contribution >= 0.6 is 24.8 Å². The van der Waals surface area contributed by atoms with Crippen LogP contribution in [0.3, 0.4) is 0 Å². The van der Waals surface area contributed by atoms with Crippen LogP contribution in [0, 0.1) is 0 Å². The maximum absolute atomic E-state index is 12.3. The van der Waals surface area contributed by atoms with Crippen molar-refractivity contribution in [1.29, 1.82) is 0 Å². The van der Waals surface area contributed by atoms with Crippen molar-refractivity contribution in [2.75, 3.05) is 5.32 Å². The molecule has 0 aliphatic rings. The van der Waals surface area contributed by atoms with Gasteiger partial charge in [-0.2, -0.15) is 13.2 Å². The average molecular weight is 325 g/mol. The fraction of sp³-hybridized carbons (Fsp3) is 0.154. The lowest BCUT2D eigenvalue weighted by Gasteiger charge is -2.08. The molecule has 20 heavy (non-hydrogen) atoms. The summed E-state index contributed by atoms with van der Waals surface area (Å²) < 4.78 is 37.0. The number of alkyl halides is 3. The Balaban J connectivity index is 0.00000180. The van der Waals surface area contributed by atoms with Crippen molar-refractivity contribution in [3.05, 3.63) is 59.8 Å². The molecule has 7 heteroatoms. The first-order valence-corrected chi connectivity index (χ1v) is 5.37. The molecule has 0 bridgehead atoms. The van der Waals surface area contributed by atoms with E-state index in [1.165, 1.54) is 12.1 Å². The highest BCUT2D eigenvalue weighted by atomic mass is 35.5.